The number of hydrogen-bond acceptors (Lipinski definition) is 3. The third kappa shape index (κ3) is 2.54. The Morgan fingerprint density at radius 2 is 2.13 bits per heavy atom. The summed E-state index contributed by atoms with van der Waals surface area (Å²) in [6.45, 7) is 0.692. The molecule has 2 rings (SSSR count). The van der Waals surface area contributed by atoms with Gasteiger partial charge in [0.25, 0.3) is 0 Å². The summed E-state index contributed by atoms with van der Waals surface area (Å²) in [4.78, 5) is 0. The Hall–Kier alpha value is -0.940. The maximum absolute atomic E-state index is 12.6. The molecule has 0 bridgehead atoms. The van der Waals surface area contributed by atoms with Gasteiger partial charge in [0.15, 0.2) is 0 Å². The minimum atomic E-state index is -4.43. The highest BCUT2D eigenvalue weighted by Crippen LogP contribution is 2.23. The molecule has 0 spiro atoms. The maximum atomic E-state index is 12.6. The van der Waals surface area contributed by atoms with E-state index in [4.69, 9.17) is 0 Å². The van der Waals surface area contributed by atoms with Gasteiger partial charge in [-0.3, -0.25) is 0 Å². The predicted octanol–water partition coefficient (Wildman–Crippen LogP) is 1.17. The van der Waals surface area contributed by atoms with Crippen molar-refractivity contribution in [1.29, 1.82) is 0 Å². The van der Waals surface area contributed by atoms with Crippen LogP contribution in [0.4, 0.5) is 3.89 Å². The fourth-order valence-electron chi connectivity index (χ4n) is 1.94. The first-order chi connectivity index (χ1) is 7.06. The van der Waals surface area contributed by atoms with Gasteiger partial charge < -0.3 is 5.32 Å². The van der Waals surface area contributed by atoms with Crippen LogP contribution in [-0.2, 0) is 16.6 Å². The summed E-state index contributed by atoms with van der Waals surface area (Å²) in [5, 5.41) is 3.01. The molecule has 1 aromatic rings. The van der Waals surface area contributed by atoms with Gasteiger partial charge in [0.2, 0.25) is 0 Å². The lowest BCUT2D eigenvalue weighted by Gasteiger charge is -2.25. The monoisotopic (exact) mass is 229 g/mol. The van der Waals surface area contributed by atoms with Crippen molar-refractivity contribution >= 4 is 10.2 Å². The van der Waals surface area contributed by atoms with Gasteiger partial charge in [-0.05, 0) is 24.1 Å². The van der Waals surface area contributed by atoms with E-state index in [1.807, 2.05) is 24.3 Å². The van der Waals surface area contributed by atoms with Crippen molar-refractivity contribution in [2.24, 2.45) is 0 Å². The molecule has 1 atom stereocenters. The molecule has 1 aromatic carbocycles. The molecular formula is C10H12FNO2S. The second-order valence-electron chi connectivity index (χ2n) is 3.66. The van der Waals surface area contributed by atoms with Crippen LogP contribution in [0.1, 0.15) is 17.2 Å². The van der Waals surface area contributed by atoms with Crippen LogP contribution < -0.4 is 5.32 Å². The van der Waals surface area contributed by atoms with Gasteiger partial charge in [-0.25, -0.2) is 0 Å². The fourth-order valence-corrected chi connectivity index (χ4v) is 2.64. The van der Waals surface area contributed by atoms with Gasteiger partial charge in [0, 0.05) is 6.04 Å². The van der Waals surface area contributed by atoms with Gasteiger partial charge in [-0.2, -0.15) is 8.42 Å². The molecule has 1 aliphatic rings. The average molecular weight is 229 g/mol. The van der Waals surface area contributed by atoms with Crippen LogP contribution in [0.3, 0.4) is 0 Å². The van der Waals surface area contributed by atoms with Crippen molar-refractivity contribution in [3.63, 3.8) is 0 Å². The van der Waals surface area contributed by atoms with E-state index in [9.17, 15) is 12.3 Å². The van der Waals surface area contributed by atoms with Crippen molar-refractivity contribution in [2.75, 3.05) is 12.3 Å². The first kappa shape index (κ1) is 10.6. The summed E-state index contributed by atoms with van der Waals surface area (Å²) < 4.78 is 33.8. The van der Waals surface area contributed by atoms with E-state index in [-0.39, 0.29) is 0 Å². The largest absolute Gasteiger partial charge is 0.309 e. The molecule has 0 saturated carbocycles. The van der Waals surface area contributed by atoms with Crippen molar-refractivity contribution in [3.05, 3.63) is 35.4 Å². The molecular weight excluding hydrogens is 217 g/mol. The standard InChI is InChI=1S/C10H12FNO2S/c11-15(13,14)7-10-9-4-2-1-3-8(9)5-6-12-10/h1-4,10,12H,5-7H2. The maximum Gasteiger partial charge on any atom is 0.304 e. The summed E-state index contributed by atoms with van der Waals surface area (Å²) in [7, 11) is -4.43. The Kier molecular flexibility index (Phi) is 2.75. The van der Waals surface area contributed by atoms with E-state index >= 15 is 0 Å². The van der Waals surface area contributed by atoms with Crippen LogP contribution in [0.2, 0.25) is 0 Å². The Balaban J connectivity index is 2.30. The first-order valence-corrected chi connectivity index (χ1v) is 6.35. The Bertz CT molecular complexity index is 458. The number of nitrogens with one attached hydrogen (secondary N) is 1. The van der Waals surface area contributed by atoms with E-state index in [2.05, 4.69) is 5.32 Å². The van der Waals surface area contributed by atoms with Crippen molar-refractivity contribution in [1.82, 2.24) is 5.32 Å². The Labute approximate surface area is 88.5 Å². The highest BCUT2D eigenvalue weighted by Gasteiger charge is 2.24. The molecule has 1 heterocycles. The lowest BCUT2D eigenvalue weighted by atomic mass is 9.95. The summed E-state index contributed by atoms with van der Waals surface area (Å²) >= 11 is 0. The number of fused-ring (bicyclic) bond motifs is 1. The van der Waals surface area contributed by atoms with Crippen LogP contribution in [0, 0.1) is 0 Å². The molecule has 1 aliphatic heterocycles. The molecule has 5 heteroatoms. The van der Waals surface area contributed by atoms with E-state index in [0.717, 1.165) is 17.5 Å². The third-order valence-corrected chi connectivity index (χ3v) is 3.31. The quantitative estimate of drug-likeness (QED) is 0.774. The molecule has 1 unspecified atom stereocenters. The number of benzene rings is 1. The predicted molar refractivity (Wildman–Crippen MR) is 55.8 cm³/mol. The number of hydrogen-bond donors (Lipinski definition) is 1. The van der Waals surface area contributed by atoms with Crippen LogP contribution >= 0.6 is 0 Å². The summed E-state index contributed by atoms with van der Waals surface area (Å²) in [5.74, 6) is -0.482. The second kappa shape index (κ2) is 3.90. The minimum absolute atomic E-state index is 0.412. The molecule has 3 nitrogen and oxygen atoms in total. The molecule has 0 saturated heterocycles. The first-order valence-electron chi connectivity index (χ1n) is 4.80. The van der Waals surface area contributed by atoms with E-state index < -0.39 is 22.0 Å². The van der Waals surface area contributed by atoms with Crippen molar-refractivity contribution in [2.45, 2.75) is 12.5 Å². The zero-order chi connectivity index (χ0) is 10.9. The van der Waals surface area contributed by atoms with Crippen LogP contribution in [0.15, 0.2) is 24.3 Å². The van der Waals surface area contributed by atoms with Crippen molar-refractivity contribution in [3.8, 4) is 0 Å². The average Bonchev–Trinajstić information content (AvgIpc) is 2.16. The zero-order valence-corrected chi connectivity index (χ0v) is 8.93. The smallest absolute Gasteiger partial charge is 0.304 e. The fraction of sp³-hybridized carbons (Fsp3) is 0.400. The van der Waals surface area contributed by atoms with Crippen LogP contribution in [0.25, 0.3) is 0 Å². The summed E-state index contributed by atoms with van der Waals surface area (Å²) in [5.41, 5.74) is 2.00. The topological polar surface area (TPSA) is 46.2 Å². The Morgan fingerprint density at radius 1 is 1.40 bits per heavy atom. The lowest BCUT2D eigenvalue weighted by molar-refractivity contribution is 0.506. The van der Waals surface area contributed by atoms with Gasteiger partial charge >= 0.3 is 10.2 Å². The van der Waals surface area contributed by atoms with E-state index in [1.54, 1.807) is 0 Å². The van der Waals surface area contributed by atoms with Gasteiger partial charge in [0.05, 0.1) is 5.75 Å². The number of rotatable bonds is 2. The molecule has 0 fully saturated rings. The van der Waals surface area contributed by atoms with E-state index in [0.29, 0.717) is 6.54 Å². The minimum Gasteiger partial charge on any atom is -0.309 e. The van der Waals surface area contributed by atoms with Crippen LogP contribution in [-0.4, -0.2) is 20.7 Å². The van der Waals surface area contributed by atoms with Gasteiger partial charge in [-0.1, -0.05) is 24.3 Å². The molecule has 0 radical (unpaired) electrons. The molecule has 1 N–H and O–H groups in total. The molecule has 0 amide bonds. The molecule has 15 heavy (non-hydrogen) atoms. The Morgan fingerprint density at radius 3 is 2.87 bits per heavy atom. The van der Waals surface area contributed by atoms with Crippen LogP contribution in [0.5, 0.6) is 0 Å². The highest BCUT2D eigenvalue weighted by molar-refractivity contribution is 7.86. The molecule has 0 aliphatic carbocycles. The normalized spacial score (nSPS) is 21.0. The second-order valence-corrected chi connectivity index (χ2v) is 5.07. The van der Waals surface area contributed by atoms with Crippen molar-refractivity contribution < 1.29 is 12.3 Å². The van der Waals surface area contributed by atoms with Gasteiger partial charge in [0.1, 0.15) is 0 Å². The zero-order valence-electron chi connectivity index (χ0n) is 8.11. The molecule has 82 valence electrons. The summed E-state index contributed by atoms with van der Waals surface area (Å²) in [6.07, 6.45) is 0.860. The SMILES string of the molecule is O=S(=O)(F)CC1NCCc2ccccc21. The lowest BCUT2D eigenvalue weighted by Crippen LogP contribution is -2.33. The van der Waals surface area contributed by atoms with E-state index in [1.165, 1.54) is 0 Å². The van der Waals surface area contributed by atoms with Gasteiger partial charge in [-0.15, -0.1) is 3.89 Å². The number of halogens is 1. The molecule has 0 aromatic heterocycles. The third-order valence-electron chi connectivity index (χ3n) is 2.58. The highest BCUT2D eigenvalue weighted by atomic mass is 32.3. The summed E-state index contributed by atoms with van der Waals surface area (Å²) in [6, 6.07) is 7.13.